The van der Waals surface area contributed by atoms with Crippen LogP contribution in [0, 0.1) is 0 Å². The number of rotatable bonds is 5. The van der Waals surface area contributed by atoms with Crippen LogP contribution in [0.4, 0.5) is 0 Å². The summed E-state index contributed by atoms with van der Waals surface area (Å²) in [5, 5.41) is 8.16. The van der Waals surface area contributed by atoms with Crippen molar-refractivity contribution in [1.29, 1.82) is 0 Å². The summed E-state index contributed by atoms with van der Waals surface area (Å²) in [4.78, 5) is 11.2. The Bertz CT molecular complexity index is 798. The number of hydrogen-bond acceptors (Lipinski definition) is 7. The van der Waals surface area contributed by atoms with Gasteiger partial charge in [0.05, 0.1) is 12.6 Å². The molecule has 24 heavy (non-hydrogen) atoms. The first kappa shape index (κ1) is 15.0. The standard InChI is InChI=1S/C17H19N5O2/c1-2-15-18-14(20-23-15)11-22-10-6-9-13(22)17-19-16(21-24-17)12-7-4-3-5-8-12/h3-5,7-8,13H,2,6,9-11H2,1H3/t13-/m1/s1. The molecule has 124 valence electrons. The summed E-state index contributed by atoms with van der Waals surface area (Å²) in [5.41, 5.74) is 0.961. The quantitative estimate of drug-likeness (QED) is 0.713. The Kier molecular flexibility index (Phi) is 4.08. The first-order valence-electron chi connectivity index (χ1n) is 8.28. The lowest BCUT2D eigenvalue weighted by Gasteiger charge is -2.19. The van der Waals surface area contributed by atoms with Crippen molar-refractivity contribution in [1.82, 2.24) is 25.2 Å². The maximum absolute atomic E-state index is 5.53. The molecule has 0 aliphatic carbocycles. The molecule has 0 spiro atoms. The molecule has 1 aliphatic heterocycles. The van der Waals surface area contributed by atoms with Crippen LogP contribution < -0.4 is 0 Å². The molecule has 3 aromatic rings. The fraction of sp³-hybridized carbons (Fsp3) is 0.412. The zero-order chi connectivity index (χ0) is 16.4. The van der Waals surface area contributed by atoms with E-state index in [-0.39, 0.29) is 6.04 Å². The molecule has 0 bridgehead atoms. The highest BCUT2D eigenvalue weighted by Crippen LogP contribution is 2.32. The van der Waals surface area contributed by atoms with Gasteiger partial charge in [0, 0.05) is 12.0 Å². The van der Waals surface area contributed by atoms with Gasteiger partial charge in [0.1, 0.15) is 0 Å². The van der Waals surface area contributed by atoms with E-state index in [1.807, 2.05) is 37.3 Å². The topological polar surface area (TPSA) is 81.1 Å². The summed E-state index contributed by atoms with van der Waals surface area (Å²) in [5.74, 6) is 2.67. The van der Waals surface area contributed by atoms with Crippen molar-refractivity contribution >= 4 is 0 Å². The maximum Gasteiger partial charge on any atom is 0.244 e. The molecule has 1 aromatic carbocycles. The Morgan fingerprint density at radius 3 is 2.79 bits per heavy atom. The van der Waals surface area contributed by atoms with Gasteiger partial charge in [0.25, 0.3) is 0 Å². The number of hydrogen-bond donors (Lipinski definition) is 0. The number of nitrogens with zero attached hydrogens (tertiary/aromatic N) is 5. The molecular weight excluding hydrogens is 306 g/mol. The highest BCUT2D eigenvalue weighted by molar-refractivity contribution is 5.53. The summed E-state index contributed by atoms with van der Waals surface area (Å²) in [6.07, 6.45) is 2.83. The zero-order valence-electron chi connectivity index (χ0n) is 13.6. The van der Waals surface area contributed by atoms with Crippen LogP contribution in [0.15, 0.2) is 39.4 Å². The van der Waals surface area contributed by atoms with E-state index < -0.39 is 0 Å². The lowest BCUT2D eigenvalue weighted by Crippen LogP contribution is -2.23. The van der Waals surface area contributed by atoms with Crippen LogP contribution in [0.1, 0.15) is 43.4 Å². The third kappa shape index (κ3) is 2.94. The van der Waals surface area contributed by atoms with Gasteiger partial charge in [0.2, 0.25) is 17.6 Å². The highest BCUT2D eigenvalue weighted by atomic mass is 16.5. The average molecular weight is 325 g/mol. The Balaban J connectivity index is 1.51. The number of likely N-dealkylation sites (tertiary alicyclic amines) is 1. The molecule has 1 aliphatic rings. The predicted molar refractivity (Wildman–Crippen MR) is 85.8 cm³/mol. The summed E-state index contributed by atoms with van der Waals surface area (Å²) in [6, 6.07) is 9.97. The van der Waals surface area contributed by atoms with E-state index in [2.05, 4.69) is 25.2 Å². The van der Waals surface area contributed by atoms with Gasteiger partial charge in [-0.3, -0.25) is 4.90 Å². The van der Waals surface area contributed by atoms with Crippen molar-refractivity contribution in [3.05, 3.63) is 47.9 Å². The van der Waals surface area contributed by atoms with E-state index in [9.17, 15) is 0 Å². The smallest absolute Gasteiger partial charge is 0.244 e. The van der Waals surface area contributed by atoms with Gasteiger partial charge < -0.3 is 9.05 Å². The minimum Gasteiger partial charge on any atom is -0.339 e. The summed E-state index contributed by atoms with van der Waals surface area (Å²) in [6.45, 7) is 3.60. The Morgan fingerprint density at radius 1 is 1.12 bits per heavy atom. The van der Waals surface area contributed by atoms with E-state index in [4.69, 9.17) is 9.05 Å². The molecule has 3 heterocycles. The van der Waals surface area contributed by atoms with Crippen molar-refractivity contribution in [2.24, 2.45) is 0 Å². The SMILES string of the molecule is CCc1nc(CN2CCC[C@@H]2c2nc(-c3ccccc3)no2)no1. The van der Waals surface area contributed by atoms with E-state index in [0.29, 0.717) is 30.0 Å². The minimum atomic E-state index is 0.110. The third-order valence-electron chi connectivity index (χ3n) is 4.28. The van der Waals surface area contributed by atoms with Crippen LogP contribution in [-0.2, 0) is 13.0 Å². The van der Waals surface area contributed by atoms with Crippen molar-refractivity contribution in [3.8, 4) is 11.4 Å². The molecule has 0 amide bonds. The average Bonchev–Trinajstić information content (AvgIpc) is 3.36. The zero-order valence-corrected chi connectivity index (χ0v) is 13.6. The number of aryl methyl sites for hydroxylation is 1. The van der Waals surface area contributed by atoms with Gasteiger partial charge in [-0.25, -0.2) is 0 Å². The highest BCUT2D eigenvalue weighted by Gasteiger charge is 2.31. The second-order valence-electron chi connectivity index (χ2n) is 5.91. The Morgan fingerprint density at radius 2 is 2.00 bits per heavy atom. The molecule has 1 saturated heterocycles. The normalized spacial score (nSPS) is 18.3. The number of aromatic nitrogens is 4. The molecule has 2 aromatic heterocycles. The van der Waals surface area contributed by atoms with Crippen molar-refractivity contribution in [2.45, 2.75) is 38.8 Å². The van der Waals surface area contributed by atoms with Crippen LogP contribution in [0.2, 0.25) is 0 Å². The van der Waals surface area contributed by atoms with E-state index in [1.54, 1.807) is 0 Å². The molecule has 4 rings (SSSR count). The summed E-state index contributed by atoms with van der Waals surface area (Å²) >= 11 is 0. The lowest BCUT2D eigenvalue weighted by molar-refractivity contribution is 0.195. The van der Waals surface area contributed by atoms with Crippen molar-refractivity contribution < 1.29 is 9.05 Å². The van der Waals surface area contributed by atoms with E-state index in [1.165, 1.54) is 0 Å². The van der Waals surface area contributed by atoms with Crippen LogP contribution in [-0.4, -0.2) is 31.7 Å². The second-order valence-corrected chi connectivity index (χ2v) is 5.91. The third-order valence-corrected chi connectivity index (χ3v) is 4.28. The summed E-state index contributed by atoms with van der Waals surface area (Å²) in [7, 11) is 0. The molecule has 0 saturated carbocycles. The first-order valence-corrected chi connectivity index (χ1v) is 8.28. The van der Waals surface area contributed by atoms with E-state index >= 15 is 0 Å². The molecule has 0 radical (unpaired) electrons. The van der Waals surface area contributed by atoms with Gasteiger partial charge in [-0.2, -0.15) is 9.97 Å². The van der Waals surface area contributed by atoms with Gasteiger partial charge in [0.15, 0.2) is 5.82 Å². The summed E-state index contributed by atoms with van der Waals surface area (Å²) < 4.78 is 10.7. The molecule has 1 fully saturated rings. The van der Waals surface area contributed by atoms with Gasteiger partial charge >= 0.3 is 0 Å². The van der Waals surface area contributed by atoms with Gasteiger partial charge in [-0.05, 0) is 19.4 Å². The molecule has 1 atom stereocenters. The van der Waals surface area contributed by atoms with Crippen molar-refractivity contribution in [2.75, 3.05) is 6.54 Å². The number of benzene rings is 1. The Hall–Kier alpha value is -2.54. The fourth-order valence-electron chi connectivity index (χ4n) is 3.05. The molecule has 7 heteroatoms. The van der Waals surface area contributed by atoms with Gasteiger partial charge in [-0.15, -0.1) is 0 Å². The monoisotopic (exact) mass is 325 g/mol. The fourth-order valence-corrected chi connectivity index (χ4v) is 3.05. The predicted octanol–water partition coefficient (Wildman–Crippen LogP) is 3.02. The molecule has 0 N–H and O–H groups in total. The van der Waals surface area contributed by atoms with Crippen LogP contribution >= 0.6 is 0 Å². The molecular formula is C17H19N5O2. The van der Waals surface area contributed by atoms with Crippen LogP contribution in [0.25, 0.3) is 11.4 Å². The minimum absolute atomic E-state index is 0.110. The van der Waals surface area contributed by atoms with Gasteiger partial charge in [-0.1, -0.05) is 47.6 Å². The lowest BCUT2D eigenvalue weighted by atomic mass is 10.2. The first-order chi connectivity index (χ1) is 11.8. The van der Waals surface area contributed by atoms with Crippen LogP contribution in [0.5, 0.6) is 0 Å². The van der Waals surface area contributed by atoms with Crippen LogP contribution in [0.3, 0.4) is 0 Å². The second kappa shape index (κ2) is 6.52. The molecule has 7 nitrogen and oxygen atoms in total. The molecule has 0 unspecified atom stereocenters. The van der Waals surface area contributed by atoms with Crippen molar-refractivity contribution in [3.63, 3.8) is 0 Å². The largest absolute Gasteiger partial charge is 0.339 e. The maximum atomic E-state index is 5.53. The van der Waals surface area contributed by atoms with E-state index in [0.717, 1.165) is 31.4 Å². The Labute approximate surface area is 139 Å².